The van der Waals surface area contributed by atoms with Gasteiger partial charge in [0.15, 0.2) is 5.82 Å². The number of aromatic nitrogens is 5. The van der Waals surface area contributed by atoms with Crippen LogP contribution in [0.3, 0.4) is 0 Å². The van der Waals surface area contributed by atoms with Crippen LogP contribution in [0.4, 0.5) is 11.6 Å². The first-order chi connectivity index (χ1) is 11.7. The summed E-state index contributed by atoms with van der Waals surface area (Å²) in [6, 6.07) is 5.95. The molecule has 0 unspecified atom stereocenters. The van der Waals surface area contributed by atoms with E-state index in [0.29, 0.717) is 24.1 Å². The first-order valence-corrected chi connectivity index (χ1v) is 7.98. The van der Waals surface area contributed by atoms with Gasteiger partial charge >= 0.3 is 5.82 Å². The largest absolute Gasteiger partial charge is 0.368 e. The highest BCUT2D eigenvalue weighted by atomic mass is 16.6. The number of anilines is 1. The standard InChI is InChI=1S/C15H17N7O2/c23-22(24)15-10-17-14-6-5-13(19-21(14)15)16-9-11-7-8-20(18-11)12-3-1-2-4-12/h5-8,10,12H,1-4,9H2,(H,16,19). The summed E-state index contributed by atoms with van der Waals surface area (Å²) in [5.74, 6) is 0.387. The molecular weight excluding hydrogens is 310 g/mol. The highest BCUT2D eigenvalue weighted by Crippen LogP contribution is 2.28. The molecule has 0 spiro atoms. The molecule has 3 heterocycles. The Morgan fingerprint density at radius 1 is 1.25 bits per heavy atom. The zero-order valence-electron chi connectivity index (χ0n) is 13.0. The summed E-state index contributed by atoms with van der Waals surface area (Å²) < 4.78 is 3.26. The van der Waals surface area contributed by atoms with Crippen molar-refractivity contribution in [3.05, 3.63) is 46.4 Å². The third-order valence-corrected chi connectivity index (χ3v) is 4.34. The average molecular weight is 327 g/mol. The number of hydrogen-bond acceptors (Lipinski definition) is 6. The molecule has 0 aliphatic heterocycles. The molecule has 0 amide bonds. The van der Waals surface area contributed by atoms with E-state index in [1.807, 2.05) is 16.9 Å². The Bertz CT molecular complexity index is 879. The predicted octanol–water partition coefficient (Wildman–Crippen LogP) is 2.56. The van der Waals surface area contributed by atoms with Gasteiger partial charge in [-0.05, 0) is 29.9 Å². The van der Waals surface area contributed by atoms with Crippen LogP contribution < -0.4 is 5.32 Å². The zero-order chi connectivity index (χ0) is 16.5. The maximum absolute atomic E-state index is 11.0. The van der Waals surface area contributed by atoms with Gasteiger partial charge in [0.1, 0.15) is 6.20 Å². The monoisotopic (exact) mass is 327 g/mol. The Morgan fingerprint density at radius 2 is 2.08 bits per heavy atom. The molecule has 0 saturated heterocycles. The lowest BCUT2D eigenvalue weighted by molar-refractivity contribution is -0.391. The van der Waals surface area contributed by atoms with Crippen molar-refractivity contribution in [2.24, 2.45) is 0 Å². The van der Waals surface area contributed by atoms with Gasteiger partial charge in [0.05, 0.1) is 18.3 Å². The van der Waals surface area contributed by atoms with Gasteiger partial charge in [-0.25, -0.2) is 4.98 Å². The SMILES string of the molecule is O=[N+]([O-])c1cnc2ccc(NCc3ccn(C4CCCC4)n3)nn12. The van der Waals surface area contributed by atoms with Crippen LogP contribution in [-0.4, -0.2) is 29.3 Å². The van der Waals surface area contributed by atoms with Gasteiger partial charge in [-0.3, -0.25) is 4.68 Å². The van der Waals surface area contributed by atoms with E-state index in [9.17, 15) is 10.1 Å². The van der Waals surface area contributed by atoms with Crippen molar-refractivity contribution < 1.29 is 4.92 Å². The number of nitrogens with zero attached hydrogens (tertiary/aromatic N) is 6. The molecule has 0 bridgehead atoms. The molecule has 0 aromatic carbocycles. The van der Waals surface area contributed by atoms with Crippen LogP contribution in [0.5, 0.6) is 0 Å². The van der Waals surface area contributed by atoms with Gasteiger partial charge in [-0.2, -0.15) is 5.10 Å². The minimum atomic E-state index is -0.500. The smallest absolute Gasteiger partial charge is 0.361 e. The Kier molecular flexibility index (Phi) is 3.60. The highest BCUT2D eigenvalue weighted by Gasteiger charge is 2.18. The fourth-order valence-electron chi connectivity index (χ4n) is 3.10. The quantitative estimate of drug-likeness (QED) is 0.570. The van der Waals surface area contributed by atoms with Crippen LogP contribution >= 0.6 is 0 Å². The van der Waals surface area contributed by atoms with E-state index < -0.39 is 4.92 Å². The second-order valence-electron chi connectivity index (χ2n) is 5.94. The second kappa shape index (κ2) is 5.91. The molecule has 24 heavy (non-hydrogen) atoms. The first-order valence-electron chi connectivity index (χ1n) is 7.98. The van der Waals surface area contributed by atoms with Crippen molar-refractivity contribution >= 4 is 17.3 Å². The molecule has 4 rings (SSSR count). The first kappa shape index (κ1) is 14.6. The molecule has 9 heteroatoms. The minimum absolute atomic E-state index is 0.154. The molecule has 1 fully saturated rings. The topological polar surface area (TPSA) is 103 Å². The van der Waals surface area contributed by atoms with Crippen LogP contribution in [0.15, 0.2) is 30.6 Å². The predicted molar refractivity (Wildman–Crippen MR) is 86.7 cm³/mol. The van der Waals surface area contributed by atoms with Crippen LogP contribution in [0.1, 0.15) is 37.4 Å². The van der Waals surface area contributed by atoms with Gasteiger partial charge in [-0.1, -0.05) is 22.5 Å². The minimum Gasteiger partial charge on any atom is -0.361 e. The van der Waals surface area contributed by atoms with Crippen LogP contribution in [0.2, 0.25) is 0 Å². The average Bonchev–Trinajstić information content (AvgIpc) is 3.31. The molecule has 3 aromatic heterocycles. The maximum Gasteiger partial charge on any atom is 0.368 e. The third kappa shape index (κ3) is 2.68. The van der Waals surface area contributed by atoms with Gasteiger partial charge in [0.2, 0.25) is 5.65 Å². The van der Waals surface area contributed by atoms with Crippen molar-refractivity contribution in [3.63, 3.8) is 0 Å². The summed E-state index contributed by atoms with van der Waals surface area (Å²) in [5.41, 5.74) is 1.36. The summed E-state index contributed by atoms with van der Waals surface area (Å²) in [5, 5.41) is 22.9. The van der Waals surface area contributed by atoms with E-state index in [0.717, 1.165) is 5.69 Å². The second-order valence-corrected chi connectivity index (χ2v) is 5.94. The van der Waals surface area contributed by atoms with Gasteiger partial charge < -0.3 is 15.4 Å². The highest BCUT2D eigenvalue weighted by molar-refractivity contribution is 5.48. The lowest BCUT2D eigenvalue weighted by Gasteiger charge is -2.09. The van der Waals surface area contributed by atoms with Gasteiger partial charge in [0.25, 0.3) is 0 Å². The number of imidazole rings is 1. The van der Waals surface area contributed by atoms with E-state index in [1.165, 1.54) is 36.4 Å². The van der Waals surface area contributed by atoms with E-state index in [-0.39, 0.29) is 5.82 Å². The molecule has 0 radical (unpaired) electrons. The van der Waals surface area contributed by atoms with Crippen molar-refractivity contribution in [2.75, 3.05) is 5.32 Å². The molecule has 1 aliphatic rings. The summed E-state index contributed by atoms with van der Waals surface area (Å²) in [7, 11) is 0. The van der Waals surface area contributed by atoms with Gasteiger partial charge in [0, 0.05) is 12.3 Å². The Hall–Kier alpha value is -2.97. The van der Waals surface area contributed by atoms with Crippen LogP contribution in [0, 0.1) is 10.1 Å². The summed E-state index contributed by atoms with van der Waals surface area (Å²) in [6.45, 7) is 0.515. The molecule has 0 atom stereocenters. The third-order valence-electron chi connectivity index (χ3n) is 4.34. The van der Waals surface area contributed by atoms with E-state index in [2.05, 4.69) is 20.5 Å². The van der Waals surface area contributed by atoms with Crippen molar-refractivity contribution in [1.82, 2.24) is 24.4 Å². The molecule has 1 N–H and O–H groups in total. The number of hydrogen-bond donors (Lipinski definition) is 1. The fourth-order valence-corrected chi connectivity index (χ4v) is 3.10. The fraction of sp³-hybridized carbons (Fsp3) is 0.400. The number of fused-ring (bicyclic) bond motifs is 1. The normalized spacial score (nSPS) is 15.2. The maximum atomic E-state index is 11.0. The Labute approximate surface area is 137 Å². The lowest BCUT2D eigenvalue weighted by atomic mass is 10.3. The van der Waals surface area contributed by atoms with Crippen LogP contribution in [-0.2, 0) is 6.54 Å². The molecule has 1 saturated carbocycles. The summed E-state index contributed by atoms with van der Waals surface area (Å²) >= 11 is 0. The molecule has 1 aliphatic carbocycles. The van der Waals surface area contributed by atoms with E-state index in [1.54, 1.807) is 12.1 Å². The summed E-state index contributed by atoms with van der Waals surface area (Å²) in [4.78, 5) is 14.4. The molecule has 124 valence electrons. The molecular formula is C15H17N7O2. The molecule has 9 nitrogen and oxygen atoms in total. The van der Waals surface area contributed by atoms with E-state index in [4.69, 9.17) is 0 Å². The number of rotatable bonds is 5. The number of nitrogens with one attached hydrogen (secondary N) is 1. The lowest BCUT2D eigenvalue weighted by Crippen LogP contribution is -2.08. The van der Waals surface area contributed by atoms with Crippen LogP contribution in [0.25, 0.3) is 5.65 Å². The van der Waals surface area contributed by atoms with Crippen molar-refractivity contribution in [3.8, 4) is 0 Å². The number of nitro groups is 1. The zero-order valence-corrected chi connectivity index (χ0v) is 13.0. The van der Waals surface area contributed by atoms with Crippen molar-refractivity contribution in [2.45, 2.75) is 38.3 Å². The Balaban J connectivity index is 1.48. The molecule has 3 aromatic rings. The summed E-state index contributed by atoms with van der Waals surface area (Å²) in [6.07, 6.45) is 8.14. The Morgan fingerprint density at radius 3 is 2.88 bits per heavy atom. The van der Waals surface area contributed by atoms with Gasteiger partial charge in [-0.15, -0.1) is 0 Å². The van der Waals surface area contributed by atoms with Crippen molar-refractivity contribution in [1.29, 1.82) is 0 Å². The van der Waals surface area contributed by atoms with E-state index >= 15 is 0 Å².